The Bertz CT molecular complexity index is 713. The number of hydrogen-bond donors (Lipinski definition) is 1. The Hall–Kier alpha value is -2.14. The molecule has 19 heavy (non-hydrogen) atoms. The lowest BCUT2D eigenvalue weighted by Gasteiger charge is -2.21. The molecule has 1 atom stereocenters. The molecule has 1 unspecified atom stereocenters. The largest absolute Gasteiger partial charge is 0.385 e. The van der Waals surface area contributed by atoms with Gasteiger partial charge in [0.1, 0.15) is 11.9 Å². The number of urea groups is 1. The number of fused-ring (bicyclic) bond motifs is 1. The molecule has 0 aliphatic carbocycles. The van der Waals surface area contributed by atoms with Crippen LogP contribution >= 0.6 is 11.6 Å². The predicted molar refractivity (Wildman–Crippen MR) is 74.3 cm³/mol. The molecule has 0 saturated heterocycles. The van der Waals surface area contributed by atoms with Crippen molar-refractivity contribution in [1.29, 1.82) is 0 Å². The van der Waals surface area contributed by atoms with Crippen molar-refractivity contribution in [3.8, 4) is 0 Å². The second-order valence-electron chi connectivity index (χ2n) is 4.37. The van der Waals surface area contributed by atoms with Crippen molar-refractivity contribution >= 4 is 34.4 Å². The topological polar surface area (TPSA) is 71.6 Å². The van der Waals surface area contributed by atoms with E-state index < -0.39 is 0 Å². The summed E-state index contributed by atoms with van der Waals surface area (Å²) in [5.74, 6) is 0.279. The molecule has 3 rings (SSSR count). The van der Waals surface area contributed by atoms with Crippen LogP contribution in [0.25, 0.3) is 10.9 Å². The zero-order valence-electron chi connectivity index (χ0n) is 10.2. The summed E-state index contributed by atoms with van der Waals surface area (Å²) in [6.45, 7) is 0. The monoisotopic (exact) mass is 274 g/mol. The van der Waals surface area contributed by atoms with Crippen LogP contribution in [0.15, 0.2) is 35.5 Å². The van der Waals surface area contributed by atoms with E-state index in [2.05, 4.69) is 9.98 Å². The Morgan fingerprint density at radius 2 is 2.16 bits per heavy atom. The van der Waals surface area contributed by atoms with Crippen LogP contribution in [0, 0.1) is 0 Å². The minimum Gasteiger partial charge on any atom is -0.385 e. The third kappa shape index (κ3) is 1.74. The molecule has 1 aromatic carbocycles. The summed E-state index contributed by atoms with van der Waals surface area (Å²) in [5.41, 5.74) is 7.41. The number of rotatable bonds is 1. The van der Waals surface area contributed by atoms with Crippen LogP contribution in [0.1, 0.15) is 11.6 Å². The summed E-state index contributed by atoms with van der Waals surface area (Å²) >= 11 is 6.16. The molecule has 0 fully saturated rings. The first kappa shape index (κ1) is 11.9. The molecule has 1 aromatic heterocycles. The number of hydrogen-bond acceptors (Lipinski definition) is 3. The molecule has 0 spiro atoms. The second-order valence-corrected chi connectivity index (χ2v) is 4.78. The minimum atomic E-state index is -0.387. The molecule has 2 N–H and O–H groups in total. The fourth-order valence-corrected chi connectivity index (χ4v) is 2.52. The molecule has 5 nitrogen and oxygen atoms in total. The fourth-order valence-electron chi connectivity index (χ4n) is 2.31. The molecule has 0 bridgehead atoms. The highest BCUT2D eigenvalue weighted by atomic mass is 35.5. The number of carbonyl (C=O) groups is 1. The highest BCUT2D eigenvalue weighted by molar-refractivity contribution is 6.35. The lowest BCUT2D eigenvalue weighted by atomic mass is 10.0. The minimum absolute atomic E-state index is 0.279. The van der Waals surface area contributed by atoms with Crippen molar-refractivity contribution in [3.63, 3.8) is 0 Å². The van der Waals surface area contributed by atoms with Gasteiger partial charge >= 0.3 is 6.03 Å². The smallest absolute Gasteiger partial charge is 0.345 e. The molecule has 0 radical (unpaired) electrons. The van der Waals surface area contributed by atoms with Crippen LogP contribution in [0.2, 0.25) is 5.02 Å². The quantitative estimate of drug-likeness (QED) is 0.868. The molecule has 0 saturated carbocycles. The zero-order chi connectivity index (χ0) is 13.6. The van der Waals surface area contributed by atoms with Gasteiger partial charge in [0.05, 0.1) is 5.52 Å². The van der Waals surface area contributed by atoms with Gasteiger partial charge in [-0.05, 0) is 18.2 Å². The van der Waals surface area contributed by atoms with Crippen LogP contribution in [0.3, 0.4) is 0 Å². The number of aliphatic imine (C=N–C) groups is 1. The Morgan fingerprint density at radius 1 is 1.37 bits per heavy atom. The van der Waals surface area contributed by atoms with Gasteiger partial charge in [-0.25, -0.2) is 4.79 Å². The Labute approximate surface area is 114 Å². The number of nitrogens with two attached hydrogens (primary N) is 1. The van der Waals surface area contributed by atoms with Crippen molar-refractivity contribution in [2.45, 2.75) is 6.04 Å². The summed E-state index contributed by atoms with van der Waals surface area (Å²) in [7, 11) is 1.67. The van der Waals surface area contributed by atoms with E-state index in [1.165, 1.54) is 4.90 Å². The molecule has 2 aromatic rings. The highest BCUT2D eigenvalue weighted by Gasteiger charge is 2.33. The Kier molecular flexibility index (Phi) is 2.64. The SMILES string of the molecule is CN1C(=O)N=C(N)C1c1ccc(Cl)c2cccnc12. The molecule has 1 aliphatic rings. The summed E-state index contributed by atoms with van der Waals surface area (Å²) < 4.78 is 0. The summed E-state index contributed by atoms with van der Waals surface area (Å²) in [5, 5.41) is 1.46. The summed E-state index contributed by atoms with van der Waals surface area (Å²) in [6.07, 6.45) is 1.69. The molecular formula is C13H11ClN4O. The average Bonchev–Trinajstić information content (AvgIpc) is 2.65. The number of halogens is 1. The number of nitrogens with zero attached hydrogens (tertiary/aromatic N) is 3. The fraction of sp³-hybridized carbons (Fsp3) is 0.154. The lowest BCUT2D eigenvalue weighted by molar-refractivity contribution is 0.219. The maximum Gasteiger partial charge on any atom is 0.345 e. The van der Waals surface area contributed by atoms with Gasteiger partial charge < -0.3 is 10.6 Å². The van der Waals surface area contributed by atoms with E-state index >= 15 is 0 Å². The maximum atomic E-state index is 11.6. The molecule has 96 valence electrons. The number of amidine groups is 1. The van der Waals surface area contributed by atoms with Crippen LogP contribution in [-0.2, 0) is 0 Å². The van der Waals surface area contributed by atoms with Gasteiger partial charge in [0.15, 0.2) is 0 Å². The summed E-state index contributed by atoms with van der Waals surface area (Å²) in [6, 6.07) is 6.59. The third-order valence-corrected chi connectivity index (χ3v) is 3.57. The first-order valence-corrected chi connectivity index (χ1v) is 6.11. The molecule has 2 heterocycles. The third-order valence-electron chi connectivity index (χ3n) is 3.24. The van der Waals surface area contributed by atoms with E-state index in [4.69, 9.17) is 17.3 Å². The molecule has 2 amide bonds. The van der Waals surface area contributed by atoms with Gasteiger partial charge in [0.25, 0.3) is 0 Å². The first-order valence-electron chi connectivity index (χ1n) is 5.73. The van der Waals surface area contributed by atoms with Crippen LogP contribution in [-0.4, -0.2) is 28.8 Å². The number of aromatic nitrogens is 1. The molecular weight excluding hydrogens is 264 g/mol. The van der Waals surface area contributed by atoms with Crippen molar-refractivity contribution < 1.29 is 4.79 Å². The second kappa shape index (κ2) is 4.20. The molecule has 6 heteroatoms. The number of benzene rings is 1. The Balaban J connectivity index is 2.25. The van der Waals surface area contributed by atoms with E-state index in [1.54, 1.807) is 19.3 Å². The van der Waals surface area contributed by atoms with Gasteiger partial charge in [-0.3, -0.25) is 4.98 Å². The standard InChI is InChI=1S/C13H11ClN4O/c1-18-11(12(15)17-13(18)19)8-4-5-9(14)7-3-2-6-16-10(7)8/h2-6,11H,1H3,(H2,15,17,19). The average molecular weight is 275 g/mol. The van der Waals surface area contributed by atoms with Crippen molar-refractivity contribution in [2.75, 3.05) is 7.05 Å². The Morgan fingerprint density at radius 3 is 2.84 bits per heavy atom. The normalized spacial score (nSPS) is 19.1. The van der Waals surface area contributed by atoms with Gasteiger partial charge in [-0.1, -0.05) is 17.7 Å². The van der Waals surface area contributed by atoms with E-state index in [-0.39, 0.29) is 17.9 Å². The lowest BCUT2D eigenvalue weighted by Crippen LogP contribution is -2.30. The van der Waals surface area contributed by atoms with Gasteiger partial charge in [-0.15, -0.1) is 0 Å². The van der Waals surface area contributed by atoms with Crippen molar-refractivity contribution in [2.24, 2.45) is 10.7 Å². The van der Waals surface area contributed by atoms with E-state index in [0.717, 1.165) is 16.5 Å². The van der Waals surface area contributed by atoms with Crippen molar-refractivity contribution in [1.82, 2.24) is 9.88 Å². The maximum absolute atomic E-state index is 11.6. The van der Waals surface area contributed by atoms with Gasteiger partial charge in [-0.2, -0.15) is 4.99 Å². The highest BCUT2D eigenvalue weighted by Crippen LogP contribution is 2.33. The van der Waals surface area contributed by atoms with E-state index in [9.17, 15) is 4.79 Å². The molecule has 1 aliphatic heterocycles. The zero-order valence-corrected chi connectivity index (χ0v) is 10.9. The summed E-state index contributed by atoms with van der Waals surface area (Å²) in [4.78, 5) is 21.2. The van der Waals surface area contributed by atoms with E-state index in [1.807, 2.05) is 18.2 Å². The van der Waals surface area contributed by atoms with Crippen LogP contribution in [0.4, 0.5) is 4.79 Å². The van der Waals surface area contributed by atoms with Gasteiger partial charge in [0, 0.05) is 29.2 Å². The number of pyridine rings is 1. The number of likely N-dealkylation sites (N-methyl/N-ethyl adjacent to an activating group) is 1. The van der Waals surface area contributed by atoms with Crippen LogP contribution in [0.5, 0.6) is 0 Å². The number of amides is 2. The predicted octanol–water partition coefficient (Wildman–Crippen LogP) is 2.35. The van der Waals surface area contributed by atoms with Gasteiger partial charge in [0.2, 0.25) is 0 Å². The first-order chi connectivity index (χ1) is 9.09. The van der Waals surface area contributed by atoms with Crippen molar-refractivity contribution in [3.05, 3.63) is 41.0 Å². The number of carbonyl (C=O) groups excluding carboxylic acids is 1. The van der Waals surface area contributed by atoms with E-state index in [0.29, 0.717) is 5.02 Å². The van der Waals surface area contributed by atoms with Crippen LogP contribution < -0.4 is 5.73 Å².